The number of aromatic nitrogens is 1. The first-order chi connectivity index (χ1) is 14.1. The van der Waals surface area contributed by atoms with Crippen molar-refractivity contribution in [3.63, 3.8) is 0 Å². The van der Waals surface area contributed by atoms with Crippen molar-refractivity contribution in [2.45, 2.75) is 18.8 Å². The van der Waals surface area contributed by atoms with Crippen LogP contribution in [-0.4, -0.2) is 33.8 Å². The van der Waals surface area contributed by atoms with Gasteiger partial charge in [-0.1, -0.05) is 18.2 Å². The molecule has 0 N–H and O–H groups in total. The molecule has 1 amide bonds. The molecule has 1 aromatic heterocycles. The summed E-state index contributed by atoms with van der Waals surface area (Å²) in [6.45, 7) is 1.15. The molecule has 4 rings (SSSR count). The van der Waals surface area contributed by atoms with Gasteiger partial charge in [0.1, 0.15) is 11.5 Å². The van der Waals surface area contributed by atoms with Gasteiger partial charge in [-0.3, -0.25) is 14.9 Å². The Hall–Kier alpha value is -3.26. The van der Waals surface area contributed by atoms with Gasteiger partial charge >= 0.3 is 0 Å². The lowest BCUT2D eigenvalue weighted by atomic mass is 9.98. The summed E-state index contributed by atoms with van der Waals surface area (Å²) in [5, 5.41) is 14.2. The number of nitro benzene ring substituents is 1. The van der Waals surface area contributed by atoms with Gasteiger partial charge < -0.3 is 9.64 Å². The second-order valence-electron chi connectivity index (χ2n) is 6.81. The third kappa shape index (κ3) is 4.27. The molecule has 1 unspecified atom stereocenters. The van der Waals surface area contributed by atoms with Crippen LogP contribution < -0.4 is 4.74 Å². The first-order valence-corrected chi connectivity index (χ1v) is 10.2. The molecule has 0 aliphatic carbocycles. The molecule has 29 heavy (non-hydrogen) atoms. The van der Waals surface area contributed by atoms with Gasteiger partial charge in [-0.25, -0.2) is 4.98 Å². The summed E-state index contributed by atoms with van der Waals surface area (Å²) in [5.74, 6) is 0.795. The summed E-state index contributed by atoms with van der Waals surface area (Å²) in [6, 6.07) is 13.2. The maximum atomic E-state index is 13.3. The molecule has 1 saturated heterocycles. The van der Waals surface area contributed by atoms with Crippen LogP contribution in [0.1, 0.15) is 34.1 Å². The largest absolute Gasteiger partial charge is 0.457 e. The number of benzene rings is 2. The standard InChI is InChI=1S/C21H19N3O4S/c25-21(23-11-4-5-15(14-23)20-22-10-12-29-20)18-13-16(24(26)27)8-9-19(18)28-17-6-2-1-3-7-17/h1-3,6-10,12-13,15H,4-5,11,14H2. The number of para-hydroxylation sites is 1. The van der Waals surface area contributed by atoms with Crippen LogP contribution in [-0.2, 0) is 0 Å². The molecule has 3 aromatic rings. The van der Waals surface area contributed by atoms with Crippen LogP contribution in [0, 0.1) is 10.1 Å². The normalized spacial score (nSPS) is 16.4. The number of nitrogens with zero attached hydrogens (tertiary/aromatic N) is 3. The van der Waals surface area contributed by atoms with E-state index < -0.39 is 4.92 Å². The van der Waals surface area contributed by atoms with Gasteiger partial charge in [-0.05, 0) is 31.0 Å². The molecule has 1 atom stereocenters. The van der Waals surface area contributed by atoms with Crippen molar-refractivity contribution in [3.8, 4) is 11.5 Å². The maximum absolute atomic E-state index is 13.3. The molecule has 0 spiro atoms. The Morgan fingerprint density at radius 2 is 2.07 bits per heavy atom. The van der Waals surface area contributed by atoms with E-state index in [1.165, 1.54) is 18.2 Å². The number of hydrogen-bond acceptors (Lipinski definition) is 6. The van der Waals surface area contributed by atoms with Gasteiger partial charge in [0.2, 0.25) is 0 Å². The second kappa shape index (κ2) is 8.40. The Balaban J connectivity index is 1.63. The molecule has 2 aromatic carbocycles. The van der Waals surface area contributed by atoms with Crippen molar-refractivity contribution < 1.29 is 14.5 Å². The van der Waals surface area contributed by atoms with E-state index in [4.69, 9.17) is 4.74 Å². The molecule has 7 nitrogen and oxygen atoms in total. The Labute approximate surface area is 171 Å². The SMILES string of the molecule is O=C(c1cc([N+](=O)[O-])ccc1Oc1ccccc1)N1CCCC(c2nccs2)C1. The number of thiazole rings is 1. The molecule has 1 fully saturated rings. The summed E-state index contributed by atoms with van der Waals surface area (Å²) in [5.41, 5.74) is 0.0603. The number of nitro groups is 1. The second-order valence-corrected chi connectivity index (χ2v) is 7.74. The minimum atomic E-state index is -0.502. The molecule has 0 radical (unpaired) electrons. The van der Waals surface area contributed by atoms with Gasteiger partial charge in [0.05, 0.1) is 15.5 Å². The Morgan fingerprint density at radius 1 is 1.24 bits per heavy atom. The monoisotopic (exact) mass is 409 g/mol. The minimum Gasteiger partial charge on any atom is -0.457 e. The van der Waals surface area contributed by atoms with Crippen LogP contribution in [0.5, 0.6) is 11.5 Å². The fourth-order valence-electron chi connectivity index (χ4n) is 3.47. The lowest BCUT2D eigenvalue weighted by molar-refractivity contribution is -0.384. The van der Waals surface area contributed by atoms with Crippen LogP contribution in [0.4, 0.5) is 5.69 Å². The lowest BCUT2D eigenvalue weighted by Crippen LogP contribution is -2.39. The van der Waals surface area contributed by atoms with E-state index in [1.54, 1.807) is 34.6 Å². The summed E-state index contributed by atoms with van der Waals surface area (Å²) in [6.07, 6.45) is 3.60. The number of hydrogen-bond donors (Lipinski definition) is 0. The number of amides is 1. The van der Waals surface area contributed by atoms with Gasteiger partial charge in [0, 0.05) is 42.7 Å². The third-order valence-corrected chi connectivity index (χ3v) is 5.82. The highest BCUT2D eigenvalue weighted by molar-refractivity contribution is 7.09. The highest BCUT2D eigenvalue weighted by Crippen LogP contribution is 2.33. The minimum absolute atomic E-state index is 0.137. The molecule has 1 aliphatic heterocycles. The lowest BCUT2D eigenvalue weighted by Gasteiger charge is -2.32. The Kier molecular flexibility index (Phi) is 5.53. The van der Waals surface area contributed by atoms with Crippen LogP contribution in [0.3, 0.4) is 0 Å². The van der Waals surface area contributed by atoms with Crippen molar-refractivity contribution in [3.05, 3.63) is 80.8 Å². The van der Waals surface area contributed by atoms with Crippen molar-refractivity contribution in [1.29, 1.82) is 0 Å². The zero-order valence-electron chi connectivity index (χ0n) is 15.6. The quantitative estimate of drug-likeness (QED) is 0.444. The molecule has 148 valence electrons. The topological polar surface area (TPSA) is 85.6 Å². The van der Waals surface area contributed by atoms with Crippen LogP contribution in [0.25, 0.3) is 0 Å². The van der Waals surface area contributed by atoms with E-state index in [1.807, 2.05) is 23.6 Å². The molecule has 8 heteroatoms. The molecule has 0 bridgehead atoms. The first kappa shape index (κ1) is 19.1. The summed E-state index contributed by atoms with van der Waals surface area (Å²) >= 11 is 1.59. The predicted octanol–water partition coefficient (Wildman–Crippen LogP) is 4.86. The highest BCUT2D eigenvalue weighted by atomic mass is 32.1. The number of likely N-dealkylation sites (tertiary alicyclic amines) is 1. The van der Waals surface area contributed by atoms with Crippen molar-refractivity contribution in [2.24, 2.45) is 0 Å². The van der Waals surface area contributed by atoms with E-state index in [2.05, 4.69) is 4.98 Å². The molecule has 2 heterocycles. The highest BCUT2D eigenvalue weighted by Gasteiger charge is 2.29. The van der Waals surface area contributed by atoms with Crippen LogP contribution >= 0.6 is 11.3 Å². The Bertz CT molecular complexity index is 1010. The third-order valence-electron chi connectivity index (χ3n) is 4.88. The van der Waals surface area contributed by atoms with E-state index in [0.717, 1.165) is 17.8 Å². The van der Waals surface area contributed by atoms with E-state index >= 15 is 0 Å². The number of carbonyl (C=O) groups is 1. The first-order valence-electron chi connectivity index (χ1n) is 9.32. The van der Waals surface area contributed by atoms with E-state index in [0.29, 0.717) is 24.6 Å². The number of rotatable bonds is 5. The molecule has 1 aliphatic rings. The zero-order valence-corrected chi connectivity index (χ0v) is 16.4. The molecular formula is C21H19N3O4S. The summed E-state index contributed by atoms with van der Waals surface area (Å²) < 4.78 is 5.87. The average molecular weight is 409 g/mol. The fourth-order valence-corrected chi connectivity index (χ4v) is 4.24. The van der Waals surface area contributed by atoms with Crippen LogP contribution in [0.15, 0.2) is 60.1 Å². The van der Waals surface area contributed by atoms with Crippen molar-refractivity contribution >= 4 is 22.9 Å². The van der Waals surface area contributed by atoms with Crippen molar-refractivity contribution in [1.82, 2.24) is 9.88 Å². The van der Waals surface area contributed by atoms with Gasteiger partial charge in [0.25, 0.3) is 11.6 Å². The predicted molar refractivity (Wildman–Crippen MR) is 110 cm³/mol. The number of carbonyl (C=O) groups excluding carboxylic acids is 1. The number of ether oxygens (including phenoxy) is 1. The number of piperidine rings is 1. The fraction of sp³-hybridized carbons (Fsp3) is 0.238. The smallest absolute Gasteiger partial charge is 0.270 e. The van der Waals surface area contributed by atoms with Gasteiger partial charge in [0.15, 0.2) is 0 Å². The van der Waals surface area contributed by atoms with Crippen LogP contribution in [0.2, 0.25) is 0 Å². The maximum Gasteiger partial charge on any atom is 0.270 e. The van der Waals surface area contributed by atoms with Gasteiger partial charge in [-0.15, -0.1) is 11.3 Å². The molecular weight excluding hydrogens is 390 g/mol. The average Bonchev–Trinajstić information content (AvgIpc) is 3.29. The zero-order chi connectivity index (χ0) is 20.2. The number of non-ortho nitro benzene ring substituents is 1. The summed E-state index contributed by atoms with van der Waals surface area (Å²) in [4.78, 5) is 30.2. The van der Waals surface area contributed by atoms with Crippen molar-refractivity contribution in [2.75, 3.05) is 13.1 Å². The van der Waals surface area contributed by atoms with E-state index in [-0.39, 0.29) is 23.1 Å². The Morgan fingerprint density at radius 3 is 2.79 bits per heavy atom. The van der Waals surface area contributed by atoms with Gasteiger partial charge in [-0.2, -0.15) is 0 Å². The molecule has 0 saturated carbocycles. The summed E-state index contributed by atoms with van der Waals surface area (Å²) in [7, 11) is 0. The van der Waals surface area contributed by atoms with E-state index in [9.17, 15) is 14.9 Å².